The molecule has 0 aromatic heterocycles. The summed E-state index contributed by atoms with van der Waals surface area (Å²) in [5, 5.41) is 10.2. The summed E-state index contributed by atoms with van der Waals surface area (Å²) in [4.78, 5) is 46.9. The quantitative estimate of drug-likeness (QED) is 0.109. The summed E-state index contributed by atoms with van der Waals surface area (Å²) in [6.45, 7) is 6.26. The van der Waals surface area contributed by atoms with Crippen molar-refractivity contribution >= 4 is 42.3 Å². The molecule has 0 bridgehead atoms. The Morgan fingerprint density at radius 2 is 2.11 bits per heavy atom. The summed E-state index contributed by atoms with van der Waals surface area (Å²) < 4.78 is 5.39. The van der Waals surface area contributed by atoms with Crippen LogP contribution >= 0.6 is 11.6 Å². The number of aliphatic imine (C=N–C) groups is 1. The lowest BCUT2D eigenvalue weighted by Crippen LogP contribution is -2.46. The summed E-state index contributed by atoms with van der Waals surface area (Å²) in [7, 11) is 3.03. The molecular weight excluding hydrogens is 498 g/mol. The van der Waals surface area contributed by atoms with Gasteiger partial charge in [0.2, 0.25) is 11.7 Å². The minimum atomic E-state index is -0.697. The number of oxime groups is 1. The van der Waals surface area contributed by atoms with Crippen LogP contribution in [0.2, 0.25) is 5.02 Å². The van der Waals surface area contributed by atoms with Crippen LogP contribution in [0.15, 0.2) is 40.5 Å². The molecule has 2 amide bonds. The number of carbonyl (C=O) groups excluding carboxylic acids is 3. The topological polar surface area (TPSA) is 122 Å². The van der Waals surface area contributed by atoms with Crippen molar-refractivity contribution in [1.82, 2.24) is 15.5 Å². The molecule has 0 radical (unpaired) electrons. The molecule has 1 aliphatic heterocycles. The Morgan fingerprint density at radius 3 is 2.78 bits per heavy atom. The Morgan fingerprint density at radius 1 is 1.32 bits per heavy atom. The molecule has 10 nitrogen and oxygen atoms in total. The average Bonchev–Trinajstić information content (AvgIpc) is 3.23. The molecule has 2 aromatic rings. The Bertz CT molecular complexity index is 1220. The van der Waals surface area contributed by atoms with Gasteiger partial charge in [0.1, 0.15) is 18.1 Å². The largest absolute Gasteiger partial charge is 0.494 e. The number of ether oxygens (including phenoxy) is 1. The molecule has 196 valence electrons. The Kier molecular flexibility index (Phi) is 9.76. The van der Waals surface area contributed by atoms with Crippen molar-refractivity contribution in [3.05, 3.63) is 63.2 Å². The van der Waals surface area contributed by atoms with Gasteiger partial charge in [-0.15, -0.1) is 0 Å². The summed E-state index contributed by atoms with van der Waals surface area (Å²) in [6, 6.07) is 8.43. The first-order chi connectivity index (χ1) is 17.9. The maximum atomic E-state index is 12.9. The van der Waals surface area contributed by atoms with Crippen molar-refractivity contribution in [3.8, 4) is 5.75 Å². The van der Waals surface area contributed by atoms with E-state index < -0.39 is 6.04 Å². The summed E-state index contributed by atoms with van der Waals surface area (Å²) >= 11 is 6.32. The van der Waals surface area contributed by atoms with Gasteiger partial charge in [-0.25, -0.2) is 4.99 Å². The monoisotopic (exact) mass is 527 g/mol. The molecule has 1 unspecified atom stereocenters. The Balaban J connectivity index is 1.61. The number of hydrogen-bond donors (Lipinski definition) is 2. The Hall–Kier alpha value is -3.76. The maximum absolute atomic E-state index is 12.9. The number of benzene rings is 2. The van der Waals surface area contributed by atoms with Gasteiger partial charge in [0, 0.05) is 32.1 Å². The number of amidine groups is 1. The zero-order valence-electron chi connectivity index (χ0n) is 21.0. The van der Waals surface area contributed by atoms with Crippen molar-refractivity contribution in [2.45, 2.75) is 38.9 Å². The number of aryl methyl sites for hydroxylation is 1. The molecule has 0 saturated heterocycles. The van der Waals surface area contributed by atoms with Crippen LogP contribution in [-0.2, 0) is 27.5 Å². The number of aldehydes is 1. The first-order valence-corrected chi connectivity index (χ1v) is 12.0. The first kappa shape index (κ1) is 27.8. The third kappa shape index (κ3) is 6.33. The fourth-order valence-electron chi connectivity index (χ4n) is 4.11. The number of nitrogens with zero attached hydrogens (tertiary/aromatic N) is 3. The molecule has 0 spiro atoms. The molecule has 0 fully saturated rings. The second-order valence-corrected chi connectivity index (χ2v) is 8.73. The summed E-state index contributed by atoms with van der Waals surface area (Å²) in [5.74, 6) is 0.164. The van der Waals surface area contributed by atoms with Gasteiger partial charge in [-0.05, 0) is 48.9 Å². The van der Waals surface area contributed by atoms with Gasteiger partial charge in [-0.2, -0.15) is 0 Å². The minimum absolute atomic E-state index is 0.0908. The number of likely N-dealkylation sites (N-methyl/N-ethyl adjacent to an activating group) is 1. The third-order valence-electron chi connectivity index (χ3n) is 6.02. The van der Waals surface area contributed by atoms with Crippen molar-refractivity contribution < 1.29 is 24.0 Å². The van der Waals surface area contributed by atoms with E-state index in [2.05, 4.69) is 27.5 Å². The van der Waals surface area contributed by atoms with Crippen LogP contribution in [0.5, 0.6) is 5.75 Å². The van der Waals surface area contributed by atoms with Crippen LogP contribution in [0.1, 0.15) is 45.5 Å². The van der Waals surface area contributed by atoms with Crippen LogP contribution in [0.4, 0.5) is 0 Å². The molecule has 2 aromatic carbocycles. The van der Waals surface area contributed by atoms with Crippen LogP contribution in [0.3, 0.4) is 0 Å². The molecule has 0 saturated carbocycles. The van der Waals surface area contributed by atoms with Gasteiger partial charge in [-0.3, -0.25) is 14.9 Å². The molecule has 37 heavy (non-hydrogen) atoms. The van der Waals surface area contributed by atoms with Gasteiger partial charge in [0.05, 0.1) is 17.7 Å². The van der Waals surface area contributed by atoms with E-state index in [-0.39, 0.29) is 37.2 Å². The number of fused-ring (bicyclic) bond motifs is 1. The van der Waals surface area contributed by atoms with Crippen molar-refractivity contribution in [2.75, 3.05) is 20.9 Å². The smallest absolute Gasteiger partial charge is 0.255 e. The SMILES string of the molecule is C=N/C(=N\OCNCc1ccc2c(c1)CN(C(CCC=O)C(=O)NC)C2=O)c1ccc(C)c(Cl)c1OC. The fraction of sp³-hybridized carbons (Fsp3) is 0.346. The van der Waals surface area contributed by atoms with Crippen LogP contribution in [0.25, 0.3) is 0 Å². The van der Waals surface area contributed by atoms with E-state index in [4.69, 9.17) is 21.2 Å². The molecule has 1 aliphatic rings. The number of halogens is 1. The van der Waals surface area contributed by atoms with E-state index in [0.29, 0.717) is 35.0 Å². The molecule has 1 atom stereocenters. The number of amides is 2. The van der Waals surface area contributed by atoms with Crippen molar-refractivity contribution in [3.63, 3.8) is 0 Å². The first-order valence-electron chi connectivity index (χ1n) is 11.6. The normalized spacial score (nSPS) is 13.7. The second kappa shape index (κ2) is 13.0. The van der Waals surface area contributed by atoms with Crippen LogP contribution in [0, 0.1) is 6.92 Å². The predicted octanol–water partition coefficient (Wildman–Crippen LogP) is 2.83. The van der Waals surface area contributed by atoms with E-state index in [1.807, 2.05) is 25.1 Å². The highest BCUT2D eigenvalue weighted by Crippen LogP contribution is 2.32. The molecule has 2 N–H and O–H groups in total. The Labute approximate surface area is 220 Å². The predicted molar refractivity (Wildman–Crippen MR) is 141 cm³/mol. The highest BCUT2D eigenvalue weighted by Gasteiger charge is 2.35. The van der Waals surface area contributed by atoms with Crippen molar-refractivity contribution in [2.24, 2.45) is 10.1 Å². The highest BCUT2D eigenvalue weighted by molar-refractivity contribution is 6.33. The average molecular weight is 528 g/mol. The summed E-state index contributed by atoms with van der Waals surface area (Å²) in [5.41, 5.74) is 3.72. The van der Waals surface area contributed by atoms with Crippen LogP contribution < -0.4 is 15.4 Å². The van der Waals surface area contributed by atoms with Crippen LogP contribution in [-0.4, -0.2) is 62.5 Å². The lowest BCUT2D eigenvalue weighted by Gasteiger charge is -2.25. The number of nitrogens with one attached hydrogen (secondary N) is 2. The molecular formula is C26H30ClN5O5. The van der Waals surface area contributed by atoms with Crippen molar-refractivity contribution in [1.29, 1.82) is 0 Å². The number of hydrogen-bond acceptors (Lipinski definition) is 7. The minimum Gasteiger partial charge on any atom is -0.494 e. The van der Waals surface area contributed by atoms with Gasteiger partial charge in [0.25, 0.3) is 5.91 Å². The number of methoxy groups -OCH3 is 1. The summed E-state index contributed by atoms with van der Waals surface area (Å²) in [6.07, 6.45) is 1.22. The molecule has 1 heterocycles. The zero-order chi connectivity index (χ0) is 26.9. The third-order valence-corrected chi connectivity index (χ3v) is 6.49. The zero-order valence-corrected chi connectivity index (χ0v) is 21.8. The number of rotatable bonds is 12. The van der Waals surface area contributed by atoms with E-state index in [9.17, 15) is 14.4 Å². The van der Waals surface area contributed by atoms with E-state index in [0.717, 1.165) is 23.0 Å². The van der Waals surface area contributed by atoms with E-state index in [1.165, 1.54) is 19.1 Å². The lowest BCUT2D eigenvalue weighted by molar-refractivity contribution is -0.125. The van der Waals surface area contributed by atoms with E-state index >= 15 is 0 Å². The molecule has 3 rings (SSSR count). The highest BCUT2D eigenvalue weighted by atomic mass is 35.5. The second-order valence-electron chi connectivity index (χ2n) is 8.35. The number of carbonyl (C=O) groups is 3. The maximum Gasteiger partial charge on any atom is 0.255 e. The van der Waals surface area contributed by atoms with Gasteiger partial charge in [0.15, 0.2) is 6.73 Å². The van der Waals surface area contributed by atoms with Gasteiger partial charge < -0.3 is 24.6 Å². The fourth-order valence-corrected chi connectivity index (χ4v) is 4.35. The lowest BCUT2D eigenvalue weighted by atomic mass is 10.1. The van der Waals surface area contributed by atoms with Gasteiger partial charge in [-0.1, -0.05) is 35.0 Å². The standard InChI is InChI=1S/C26H30ClN5O5/c1-16-7-9-20(23(36-4)22(16)27)24(28-2)31-37-15-30-13-17-8-10-19-18(12-17)14-32(26(19)35)21(6-5-11-33)25(34)29-3/h7-12,21,30H,2,5-6,13-15H2,1,3-4H3,(H,29,34)/b31-24-. The molecule has 0 aliphatic carbocycles. The van der Waals surface area contributed by atoms with E-state index in [1.54, 1.807) is 12.1 Å². The van der Waals surface area contributed by atoms with Gasteiger partial charge >= 0.3 is 0 Å². The molecule has 11 heteroatoms.